The summed E-state index contributed by atoms with van der Waals surface area (Å²) in [7, 11) is 0. The lowest BCUT2D eigenvalue weighted by molar-refractivity contribution is -0.304. The van der Waals surface area contributed by atoms with Gasteiger partial charge in [0.15, 0.2) is 0 Å². The van der Waals surface area contributed by atoms with E-state index in [0.29, 0.717) is 13.1 Å². The highest BCUT2D eigenvalue weighted by molar-refractivity contribution is 5.92. The predicted molar refractivity (Wildman–Crippen MR) is 74.3 cm³/mol. The van der Waals surface area contributed by atoms with Gasteiger partial charge in [0.05, 0.1) is 12.4 Å². The smallest absolute Gasteiger partial charge is 0.228 e. The van der Waals surface area contributed by atoms with Crippen LogP contribution in [0.2, 0.25) is 0 Å². The highest BCUT2D eigenvalue weighted by atomic mass is 16.4. The fourth-order valence-electron chi connectivity index (χ4n) is 2.59. The molecule has 0 aliphatic carbocycles. The van der Waals surface area contributed by atoms with E-state index < -0.39 is 12.4 Å². The molecule has 0 aromatic heterocycles. The van der Waals surface area contributed by atoms with Crippen molar-refractivity contribution in [1.29, 1.82) is 0 Å². The minimum Gasteiger partial charge on any atom is -0.550 e. The molecule has 20 heavy (non-hydrogen) atoms. The minimum absolute atomic E-state index is 0.356. The van der Waals surface area contributed by atoms with Crippen molar-refractivity contribution in [2.45, 2.75) is 20.3 Å². The number of aryl methyl sites for hydroxylation is 2. The Kier molecular flexibility index (Phi) is 4.27. The van der Waals surface area contributed by atoms with Crippen LogP contribution in [0, 0.1) is 13.8 Å². The first-order chi connectivity index (χ1) is 9.47. The molecule has 1 heterocycles. The molecule has 2 rings (SSSR count). The van der Waals surface area contributed by atoms with E-state index in [4.69, 9.17) is 0 Å². The number of carboxylic acid groups (broad SMARTS) is 1. The van der Waals surface area contributed by atoms with E-state index in [1.165, 1.54) is 16.8 Å². The third-order valence-corrected chi connectivity index (χ3v) is 3.62. The Morgan fingerprint density at radius 2 is 1.80 bits per heavy atom. The first kappa shape index (κ1) is 14.4. The fourth-order valence-corrected chi connectivity index (χ4v) is 2.59. The summed E-state index contributed by atoms with van der Waals surface area (Å²) in [5.41, 5.74) is 3.64. The molecule has 0 N–H and O–H groups in total. The van der Waals surface area contributed by atoms with Gasteiger partial charge in [-0.3, -0.25) is 4.79 Å². The number of piperazine rings is 1. The van der Waals surface area contributed by atoms with E-state index in [-0.39, 0.29) is 5.91 Å². The Labute approximate surface area is 118 Å². The van der Waals surface area contributed by atoms with Gasteiger partial charge in [0.2, 0.25) is 5.91 Å². The van der Waals surface area contributed by atoms with Crippen molar-refractivity contribution in [2.75, 3.05) is 31.1 Å². The van der Waals surface area contributed by atoms with Crippen LogP contribution in [0.25, 0.3) is 0 Å². The van der Waals surface area contributed by atoms with Crippen LogP contribution in [-0.2, 0) is 9.59 Å². The van der Waals surface area contributed by atoms with Crippen molar-refractivity contribution >= 4 is 17.6 Å². The Bertz CT molecular complexity index is 520. The molecule has 0 spiro atoms. The van der Waals surface area contributed by atoms with Gasteiger partial charge >= 0.3 is 0 Å². The van der Waals surface area contributed by atoms with Crippen molar-refractivity contribution in [3.63, 3.8) is 0 Å². The van der Waals surface area contributed by atoms with Crippen LogP contribution in [0.1, 0.15) is 17.5 Å². The summed E-state index contributed by atoms with van der Waals surface area (Å²) in [5.74, 6) is -1.67. The van der Waals surface area contributed by atoms with Gasteiger partial charge in [-0.05, 0) is 25.5 Å². The summed E-state index contributed by atoms with van der Waals surface area (Å²) in [5, 5.41) is 10.4. The summed E-state index contributed by atoms with van der Waals surface area (Å²) in [6.45, 7) is 6.70. The zero-order valence-corrected chi connectivity index (χ0v) is 11.9. The van der Waals surface area contributed by atoms with E-state index in [9.17, 15) is 14.7 Å². The monoisotopic (exact) mass is 275 g/mol. The van der Waals surface area contributed by atoms with Crippen molar-refractivity contribution in [3.8, 4) is 0 Å². The molecule has 0 saturated carbocycles. The van der Waals surface area contributed by atoms with Gasteiger partial charge in [0, 0.05) is 31.9 Å². The molecule has 108 valence electrons. The number of aliphatic carboxylic acids is 1. The lowest BCUT2D eigenvalue weighted by atomic mass is 10.1. The average Bonchev–Trinajstić information content (AvgIpc) is 2.38. The van der Waals surface area contributed by atoms with Gasteiger partial charge in [0.1, 0.15) is 0 Å². The van der Waals surface area contributed by atoms with E-state index in [1.54, 1.807) is 4.90 Å². The van der Waals surface area contributed by atoms with Crippen LogP contribution in [0.4, 0.5) is 5.69 Å². The number of carbonyl (C=O) groups is 2. The molecule has 0 atom stereocenters. The number of rotatable bonds is 3. The van der Waals surface area contributed by atoms with Crippen molar-refractivity contribution in [1.82, 2.24) is 4.90 Å². The molecule has 1 aliphatic heterocycles. The Morgan fingerprint density at radius 3 is 2.35 bits per heavy atom. The number of nitrogens with zero attached hydrogens (tertiary/aromatic N) is 2. The van der Waals surface area contributed by atoms with Gasteiger partial charge in [-0.25, -0.2) is 0 Å². The molecule has 1 aromatic carbocycles. The molecule has 1 amide bonds. The second kappa shape index (κ2) is 5.94. The summed E-state index contributed by atoms with van der Waals surface area (Å²) >= 11 is 0. The van der Waals surface area contributed by atoms with Crippen LogP contribution in [0.3, 0.4) is 0 Å². The number of amides is 1. The molecule has 1 aromatic rings. The third kappa shape index (κ3) is 3.29. The topological polar surface area (TPSA) is 63.7 Å². The van der Waals surface area contributed by atoms with Gasteiger partial charge in [-0.1, -0.05) is 17.7 Å². The molecule has 5 nitrogen and oxygen atoms in total. The van der Waals surface area contributed by atoms with E-state index >= 15 is 0 Å². The quantitative estimate of drug-likeness (QED) is 0.734. The summed E-state index contributed by atoms with van der Waals surface area (Å²) in [6.07, 6.45) is -0.524. The predicted octanol–water partition coefficient (Wildman–Crippen LogP) is 0.0920. The van der Waals surface area contributed by atoms with Gasteiger partial charge in [-0.15, -0.1) is 0 Å². The molecule has 1 fully saturated rings. The molecule has 1 saturated heterocycles. The lowest BCUT2D eigenvalue weighted by Crippen LogP contribution is -2.50. The lowest BCUT2D eigenvalue weighted by Gasteiger charge is -2.37. The molecular weight excluding hydrogens is 256 g/mol. The number of benzene rings is 1. The maximum Gasteiger partial charge on any atom is 0.228 e. The maximum atomic E-state index is 11.6. The number of hydrogen-bond acceptors (Lipinski definition) is 4. The molecule has 1 aliphatic rings. The highest BCUT2D eigenvalue weighted by Gasteiger charge is 2.21. The Hall–Kier alpha value is -2.04. The highest BCUT2D eigenvalue weighted by Crippen LogP contribution is 2.22. The van der Waals surface area contributed by atoms with Crippen molar-refractivity contribution < 1.29 is 14.7 Å². The van der Waals surface area contributed by atoms with Gasteiger partial charge < -0.3 is 19.7 Å². The second-order valence-electron chi connectivity index (χ2n) is 5.21. The Morgan fingerprint density at radius 1 is 1.15 bits per heavy atom. The SMILES string of the molecule is Cc1ccc(N2CCN(C(=O)CC(=O)[O-])CC2)c(C)c1. The largest absolute Gasteiger partial charge is 0.550 e. The van der Waals surface area contributed by atoms with Crippen molar-refractivity contribution in [3.05, 3.63) is 29.3 Å². The van der Waals surface area contributed by atoms with E-state index in [0.717, 1.165) is 13.1 Å². The first-order valence-electron chi connectivity index (χ1n) is 6.77. The zero-order valence-electron chi connectivity index (χ0n) is 11.9. The van der Waals surface area contributed by atoms with Crippen LogP contribution in [-0.4, -0.2) is 43.0 Å². The zero-order chi connectivity index (χ0) is 14.7. The maximum absolute atomic E-state index is 11.6. The summed E-state index contributed by atoms with van der Waals surface area (Å²) in [4.78, 5) is 25.9. The standard InChI is InChI=1S/C15H20N2O3/c1-11-3-4-13(12(2)9-11)16-5-7-17(8-6-16)14(18)10-15(19)20/h3-4,9H,5-8,10H2,1-2H3,(H,19,20)/p-1. The summed E-state index contributed by atoms with van der Waals surface area (Å²) in [6, 6.07) is 6.32. The van der Waals surface area contributed by atoms with Gasteiger partial charge in [0.25, 0.3) is 0 Å². The number of carboxylic acids is 1. The van der Waals surface area contributed by atoms with Crippen LogP contribution in [0.15, 0.2) is 18.2 Å². The third-order valence-electron chi connectivity index (χ3n) is 3.62. The number of carbonyl (C=O) groups excluding carboxylic acids is 2. The molecule has 0 radical (unpaired) electrons. The van der Waals surface area contributed by atoms with E-state index in [1.807, 2.05) is 0 Å². The van der Waals surface area contributed by atoms with E-state index in [2.05, 4.69) is 36.9 Å². The molecule has 5 heteroatoms. The summed E-state index contributed by atoms with van der Waals surface area (Å²) < 4.78 is 0. The fraction of sp³-hybridized carbons (Fsp3) is 0.467. The van der Waals surface area contributed by atoms with Crippen molar-refractivity contribution in [2.24, 2.45) is 0 Å². The van der Waals surface area contributed by atoms with Gasteiger partial charge in [-0.2, -0.15) is 0 Å². The van der Waals surface area contributed by atoms with Crippen LogP contribution < -0.4 is 10.0 Å². The van der Waals surface area contributed by atoms with Crippen LogP contribution >= 0.6 is 0 Å². The first-order valence-corrected chi connectivity index (χ1v) is 6.77. The second-order valence-corrected chi connectivity index (χ2v) is 5.21. The average molecular weight is 275 g/mol. The van der Waals surface area contributed by atoms with Crippen LogP contribution in [0.5, 0.6) is 0 Å². The Balaban J connectivity index is 1.97. The molecule has 0 bridgehead atoms. The molecule has 0 unspecified atom stereocenters. The minimum atomic E-state index is -1.31. The number of hydrogen-bond donors (Lipinski definition) is 0. The molecular formula is C15H19N2O3-. The normalized spacial score (nSPS) is 15.3. The number of anilines is 1.